The molecule has 19 heavy (non-hydrogen) atoms. The number of hydrogen-bond donors (Lipinski definition) is 1. The molecule has 6 heteroatoms. The third kappa shape index (κ3) is 3.24. The fourth-order valence-corrected chi connectivity index (χ4v) is 2.85. The van der Waals surface area contributed by atoms with Gasteiger partial charge in [-0.3, -0.25) is 14.4 Å². The van der Waals surface area contributed by atoms with Crippen LogP contribution in [0.5, 0.6) is 0 Å². The molecule has 0 aromatic carbocycles. The number of likely N-dealkylation sites (tertiary alicyclic amines) is 2. The van der Waals surface area contributed by atoms with E-state index in [1.54, 1.807) is 9.80 Å². The van der Waals surface area contributed by atoms with E-state index in [9.17, 15) is 14.4 Å². The van der Waals surface area contributed by atoms with Gasteiger partial charge in [0.05, 0.1) is 12.3 Å². The molecule has 0 aromatic rings. The van der Waals surface area contributed by atoms with Crippen LogP contribution in [0.3, 0.4) is 0 Å². The summed E-state index contributed by atoms with van der Waals surface area (Å²) in [5.74, 6) is -0.729. The number of carbonyl (C=O) groups is 3. The lowest BCUT2D eigenvalue weighted by molar-refractivity contribution is -0.149. The molecule has 2 aliphatic rings. The zero-order valence-electron chi connectivity index (χ0n) is 11.2. The monoisotopic (exact) mass is 268 g/mol. The number of rotatable bonds is 3. The van der Waals surface area contributed by atoms with Crippen molar-refractivity contribution in [2.24, 2.45) is 11.8 Å². The minimum Gasteiger partial charge on any atom is -0.481 e. The highest BCUT2D eigenvalue weighted by Gasteiger charge is 2.37. The molecule has 0 radical (unpaired) electrons. The van der Waals surface area contributed by atoms with Crippen LogP contribution in [-0.2, 0) is 14.4 Å². The Bertz CT molecular complexity index is 390. The van der Waals surface area contributed by atoms with Crippen molar-refractivity contribution in [3.8, 4) is 0 Å². The summed E-state index contributed by atoms with van der Waals surface area (Å²) in [6, 6.07) is 0. The normalized spacial score (nSPS) is 23.9. The Morgan fingerprint density at radius 3 is 2.42 bits per heavy atom. The van der Waals surface area contributed by atoms with Crippen LogP contribution in [0.15, 0.2) is 0 Å². The van der Waals surface area contributed by atoms with Gasteiger partial charge in [-0.05, 0) is 12.8 Å². The quantitative estimate of drug-likeness (QED) is 0.792. The molecule has 2 rings (SSSR count). The zero-order chi connectivity index (χ0) is 14.0. The molecule has 0 saturated carbocycles. The molecule has 0 spiro atoms. The first-order chi connectivity index (χ1) is 8.97. The number of carboxylic acids is 1. The summed E-state index contributed by atoms with van der Waals surface area (Å²) >= 11 is 0. The average Bonchev–Trinajstić information content (AvgIpc) is 2.32. The van der Waals surface area contributed by atoms with Gasteiger partial charge in [-0.2, -0.15) is 0 Å². The van der Waals surface area contributed by atoms with Gasteiger partial charge in [-0.25, -0.2) is 0 Å². The molecule has 0 aromatic heterocycles. The molecule has 1 unspecified atom stereocenters. The van der Waals surface area contributed by atoms with Crippen molar-refractivity contribution >= 4 is 17.8 Å². The standard InChI is InChI=1S/C13H20N2O4/c1-9(16)14-4-2-3-11(8-14)13(19)15-6-10(7-15)5-12(17)18/h10-11H,2-8H2,1H3,(H,17,18). The highest BCUT2D eigenvalue weighted by atomic mass is 16.4. The molecule has 1 N–H and O–H groups in total. The Hall–Kier alpha value is -1.59. The topological polar surface area (TPSA) is 77.9 Å². The molecule has 2 fully saturated rings. The predicted molar refractivity (Wildman–Crippen MR) is 67.3 cm³/mol. The van der Waals surface area contributed by atoms with Crippen molar-refractivity contribution in [1.29, 1.82) is 0 Å². The summed E-state index contributed by atoms with van der Waals surface area (Å²) in [6.07, 6.45) is 1.82. The van der Waals surface area contributed by atoms with Crippen LogP contribution < -0.4 is 0 Å². The van der Waals surface area contributed by atoms with Crippen LogP contribution in [-0.4, -0.2) is 58.9 Å². The van der Waals surface area contributed by atoms with Crippen molar-refractivity contribution in [3.63, 3.8) is 0 Å². The molecule has 2 heterocycles. The highest BCUT2D eigenvalue weighted by molar-refractivity contribution is 5.81. The van der Waals surface area contributed by atoms with Crippen molar-refractivity contribution in [2.75, 3.05) is 26.2 Å². The maximum absolute atomic E-state index is 12.2. The van der Waals surface area contributed by atoms with Crippen LogP contribution in [0.4, 0.5) is 0 Å². The number of aliphatic carboxylic acids is 1. The lowest BCUT2D eigenvalue weighted by Gasteiger charge is -2.42. The summed E-state index contributed by atoms with van der Waals surface area (Å²) in [5, 5.41) is 8.67. The molecular weight excluding hydrogens is 248 g/mol. The van der Waals surface area contributed by atoms with Crippen molar-refractivity contribution in [3.05, 3.63) is 0 Å². The van der Waals surface area contributed by atoms with Gasteiger partial charge >= 0.3 is 5.97 Å². The predicted octanol–water partition coefficient (Wildman–Crippen LogP) is 0.178. The Morgan fingerprint density at radius 1 is 1.16 bits per heavy atom. The van der Waals surface area contributed by atoms with Crippen LogP contribution in [0.25, 0.3) is 0 Å². The van der Waals surface area contributed by atoms with E-state index in [4.69, 9.17) is 5.11 Å². The van der Waals surface area contributed by atoms with Gasteiger partial charge < -0.3 is 14.9 Å². The lowest BCUT2D eigenvalue weighted by Crippen LogP contribution is -2.55. The van der Waals surface area contributed by atoms with E-state index in [-0.39, 0.29) is 30.1 Å². The number of piperidine rings is 1. The SMILES string of the molecule is CC(=O)N1CCCC(C(=O)N2CC(CC(=O)O)C2)C1. The van der Waals surface area contributed by atoms with Crippen molar-refractivity contribution in [1.82, 2.24) is 9.80 Å². The summed E-state index contributed by atoms with van der Waals surface area (Å²) in [5.41, 5.74) is 0. The van der Waals surface area contributed by atoms with E-state index < -0.39 is 5.97 Å². The Labute approximate surface area is 112 Å². The highest BCUT2D eigenvalue weighted by Crippen LogP contribution is 2.25. The summed E-state index contributed by atoms with van der Waals surface area (Å²) < 4.78 is 0. The second kappa shape index (κ2) is 5.59. The van der Waals surface area contributed by atoms with Gasteiger partial charge in [-0.1, -0.05) is 0 Å². The van der Waals surface area contributed by atoms with Gasteiger partial charge in [0.2, 0.25) is 11.8 Å². The Kier molecular flexibility index (Phi) is 4.07. The molecular formula is C13H20N2O4. The van der Waals surface area contributed by atoms with E-state index >= 15 is 0 Å². The second-order valence-electron chi connectivity index (χ2n) is 5.51. The first kappa shape index (κ1) is 13.8. The molecule has 1 atom stereocenters. The Balaban J connectivity index is 1.81. The summed E-state index contributed by atoms with van der Waals surface area (Å²) in [7, 11) is 0. The van der Waals surface area contributed by atoms with Crippen molar-refractivity contribution in [2.45, 2.75) is 26.2 Å². The van der Waals surface area contributed by atoms with Crippen LogP contribution in [0.2, 0.25) is 0 Å². The second-order valence-corrected chi connectivity index (χ2v) is 5.51. The van der Waals surface area contributed by atoms with Gasteiger partial charge in [0.1, 0.15) is 0 Å². The fraction of sp³-hybridized carbons (Fsp3) is 0.769. The first-order valence-corrected chi connectivity index (χ1v) is 6.73. The number of hydrogen-bond acceptors (Lipinski definition) is 3. The first-order valence-electron chi connectivity index (χ1n) is 6.73. The van der Waals surface area contributed by atoms with E-state index in [2.05, 4.69) is 0 Å². The minimum atomic E-state index is -0.808. The van der Waals surface area contributed by atoms with Gasteiger partial charge in [0.25, 0.3) is 0 Å². The van der Waals surface area contributed by atoms with Crippen molar-refractivity contribution < 1.29 is 19.5 Å². The molecule has 2 aliphatic heterocycles. The summed E-state index contributed by atoms with van der Waals surface area (Å²) in [6.45, 7) is 3.86. The van der Waals surface area contributed by atoms with Gasteiger partial charge in [-0.15, -0.1) is 0 Å². The van der Waals surface area contributed by atoms with E-state index in [0.717, 1.165) is 19.4 Å². The number of nitrogens with zero attached hydrogens (tertiary/aromatic N) is 2. The van der Waals surface area contributed by atoms with Gasteiger partial charge in [0, 0.05) is 39.0 Å². The Morgan fingerprint density at radius 2 is 1.84 bits per heavy atom. The van der Waals surface area contributed by atoms with Crippen LogP contribution in [0, 0.1) is 11.8 Å². The average molecular weight is 268 g/mol. The molecule has 6 nitrogen and oxygen atoms in total. The van der Waals surface area contributed by atoms with E-state index in [1.165, 1.54) is 6.92 Å². The molecule has 0 aliphatic carbocycles. The smallest absolute Gasteiger partial charge is 0.303 e. The fourth-order valence-electron chi connectivity index (χ4n) is 2.85. The summed E-state index contributed by atoms with van der Waals surface area (Å²) in [4.78, 5) is 37.5. The number of carboxylic acid groups (broad SMARTS) is 1. The molecule has 106 valence electrons. The molecule has 2 saturated heterocycles. The van der Waals surface area contributed by atoms with Crippen LogP contribution >= 0.6 is 0 Å². The largest absolute Gasteiger partial charge is 0.481 e. The lowest BCUT2D eigenvalue weighted by atomic mass is 9.91. The van der Waals surface area contributed by atoms with Crippen LogP contribution in [0.1, 0.15) is 26.2 Å². The zero-order valence-corrected chi connectivity index (χ0v) is 11.2. The maximum atomic E-state index is 12.2. The van der Waals surface area contributed by atoms with Gasteiger partial charge in [0.15, 0.2) is 0 Å². The van der Waals surface area contributed by atoms with E-state index in [0.29, 0.717) is 19.6 Å². The number of amides is 2. The maximum Gasteiger partial charge on any atom is 0.303 e. The molecule has 0 bridgehead atoms. The third-order valence-corrected chi connectivity index (χ3v) is 3.95. The number of carbonyl (C=O) groups excluding carboxylic acids is 2. The minimum absolute atomic E-state index is 0.0184. The van der Waals surface area contributed by atoms with E-state index in [1.807, 2.05) is 0 Å². The third-order valence-electron chi connectivity index (χ3n) is 3.95. The molecule has 2 amide bonds.